The van der Waals surface area contributed by atoms with Gasteiger partial charge in [-0.05, 0) is 18.2 Å². The molecule has 1 fully saturated rings. The number of rotatable bonds is 8. The highest BCUT2D eigenvalue weighted by molar-refractivity contribution is 7.89. The summed E-state index contributed by atoms with van der Waals surface area (Å²) in [6.07, 6.45) is 0. The smallest absolute Gasteiger partial charge is 0.251 e. The standard InChI is InChI=1S/C16H25N3O7S2/c1-18(2)28(23,24)15-12-13(4-5-14(15)25-3)16(20)17-6-11-27(21,22)19-7-9-26-10-8-19/h4-5,12H,6-11H2,1-3H3,(H,17,20). The van der Waals surface area contributed by atoms with Crippen molar-refractivity contribution in [1.82, 2.24) is 13.9 Å². The molecule has 2 rings (SSSR count). The number of benzene rings is 1. The van der Waals surface area contributed by atoms with E-state index in [1.807, 2.05) is 0 Å². The van der Waals surface area contributed by atoms with Gasteiger partial charge in [0.15, 0.2) is 0 Å². The topological polar surface area (TPSA) is 122 Å². The quantitative estimate of drug-likeness (QED) is 0.575. The van der Waals surface area contributed by atoms with Gasteiger partial charge in [-0.15, -0.1) is 0 Å². The molecule has 1 saturated heterocycles. The largest absolute Gasteiger partial charge is 0.495 e. The predicted octanol–water partition coefficient (Wildman–Crippen LogP) is -0.663. The third kappa shape index (κ3) is 5.20. The van der Waals surface area contributed by atoms with Gasteiger partial charge < -0.3 is 14.8 Å². The molecule has 0 atom stereocenters. The Balaban J connectivity index is 2.08. The summed E-state index contributed by atoms with van der Waals surface area (Å²) < 4.78 is 61.9. The summed E-state index contributed by atoms with van der Waals surface area (Å²) in [5.74, 6) is -0.715. The van der Waals surface area contributed by atoms with Crippen LogP contribution in [0, 0.1) is 0 Å². The SMILES string of the molecule is COc1ccc(C(=O)NCCS(=O)(=O)N2CCOCC2)cc1S(=O)(=O)N(C)C. The molecule has 0 saturated carbocycles. The molecule has 0 spiro atoms. The summed E-state index contributed by atoms with van der Waals surface area (Å²) in [4.78, 5) is 12.2. The van der Waals surface area contributed by atoms with Gasteiger partial charge in [0.1, 0.15) is 10.6 Å². The van der Waals surface area contributed by atoms with Gasteiger partial charge in [0.25, 0.3) is 5.91 Å². The summed E-state index contributed by atoms with van der Waals surface area (Å²) in [5, 5.41) is 2.51. The molecule has 1 aromatic rings. The van der Waals surface area contributed by atoms with Crippen LogP contribution in [0.25, 0.3) is 0 Å². The van der Waals surface area contributed by atoms with Gasteiger partial charge in [-0.1, -0.05) is 0 Å². The van der Waals surface area contributed by atoms with Crippen LogP contribution in [0.1, 0.15) is 10.4 Å². The van der Waals surface area contributed by atoms with E-state index in [-0.39, 0.29) is 28.5 Å². The summed E-state index contributed by atoms with van der Waals surface area (Å²) >= 11 is 0. The molecule has 10 nitrogen and oxygen atoms in total. The fourth-order valence-electron chi connectivity index (χ4n) is 2.57. The Hall–Kier alpha value is -1.73. The molecule has 28 heavy (non-hydrogen) atoms. The molecule has 1 aliphatic rings. The molecule has 158 valence electrons. The van der Waals surface area contributed by atoms with Crippen molar-refractivity contribution in [3.8, 4) is 5.75 Å². The molecule has 0 radical (unpaired) electrons. The normalized spacial score (nSPS) is 16.1. The van der Waals surface area contributed by atoms with Crippen LogP contribution in [0.4, 0.5) is 0 Å². The molecule has 0 bridgehead atoms. The number of nitrogens with zero attached hydrogens (tertiary/aromatic N) is 2. The van der Waals surface area contributed by atoms with E-state index < -0.39 is 26.0 Å². The van der Waals surface area contributed by atoms with Crippen molar-refractivity contribution in [1.29, 1.82) is 0 Å². The minimum atomic E-state index is -3.82. The highest BCUT2D eigenvalue weighted by Crippen LogP contribution is 2.26. The van der Waals surface area contributed by atoms with Gasteiger partial charge in [0.05, 0.1) is 26.1 Å². The third-order valence-electron chi connectivity index (χ3n) is 4.19. The van der Waals surface area contributed by atoms with E-state index in [4.69, 9.17) is 9.47 Å². The fourth-order valence-corrected chi connectivity index (χ4v) is 4.96. The number of morpholine rings is 1. The molecule has 1 heterocycles. The number of sulfonamides is 2. The highest BCUT2D eigenvalue weighted by atomic mass is 32.2. The van der Waals surface area contributed by atoms with Crippen molar-refractivity contribution in [2.45, 2.75) is 4.90 Å². The average Bonchev–Trinajstić information content (AvgIpc) is 2.67. The lowest BCUT2D eigenvalue weighted by Crippen LogP contribution is -2.43. The van der Waals surface area contributed by atoms with Crippen molar-refractivity contribution in [2.24, 2.45) is 0 Å². The Morgan fingerprint density at radius 2 is 1.86 bits per heavy atom. The lowest BCUT2D eigenvalue weighted by molar-refractivity contribution is 0.0730. The van der Waals surface area contributed by atoms with E-state index in [0.717, 1.165) is 4.31 Å². The van der Waals surface area contributed by atoms with Gasteiger partial charge in [-0.2, -0.15) is 4.31 Å². The second-order valence-corrected chi connectivity index (χ2v) is 10.4. The zero-order valence-corrected chi connectivity index (χ0v) is 17.7. The van der Waals surface area contributed by atoms with Crippen LogP contribution in [0.3, 0.4) is 0 Å². The number of ether oxygens (including phenoxy) is 2. The molecule has 1 aliphatic heterocycles. The maximum atomic E-state index is 12.4. The number of methoxy groups -OCH3 is 1. The van der Waals surface area contributed by atoms with Crippen LogP contribution in [0.5, 0.6) is 5.75 Å². The van der Waals surface area contributed by atoms with Crippen LogP contribution in [-0.2, 0) is 24.8 Å². The molecular weight excluding hydrogens is 410 g/mol. The Morgan fingerprint density at radius 3 is 2.43 bits per heavy atom. The molecule has 12 heteroatoms. The van der Waals surface area contributed by atoms with Crippen LogP contribution in [0.2, 0.25) is 0 Å². The van der Waals surface area contributed by atoms with Crippen molar-refractivity contribution in [3.63, 3.8) is 0 Å². The summed E-state index contributed by atoms with van der Waals surface area (Å²) in [6, 6.07) is 4.01. The molecule has 0 aliphatic carbocycles. The number of hydrogen-bond donors (Lipinski definition) is 1. The zero-order valence-electron chi connectivity index (χ0n) is 16.0. The van der Waals surface area contributed by atoms with Crippen molar-refractivity contribution in [3.05, 3.63) is 23.8 Å². The van der Waals surface area contributed by atoms with Crippen molar-refractivity contribution >= 4 is 26.0 Å². The van der Waals surface area contributed by atoms with Gasteiger partial charge in [-0.3, -0.25) is 4.79 Å². The van der Waals surface area contributed by atoms with E-state index in [1.54, 1.807) is 0 Å². The molecule has 1 amide bonds. The number of nitrogens with one attached hydrogen (secondary N) is 1. The predicted molar refractivity (Wildman–Crippen MR) is 102 cm³/mol. The Morgan fingerprint density at radius 1 is 1.21 bits per heavy atom. The molecule has 1 N–H and O–H groups in total. The molecule has 0 aromatic heterocycles. The molecule has 1 aromatic carbocycles. The van der Waals surface area contributed by atoms with E-state index in [9.17, 15) is 21.6 Å². The van der Waals surface area contributed by atoms with Gasteiger partial charge >= 0.3 is 0 Å². The molecule has 0 unspecified atom stereocenters. The number of amides is 1. The van der Waals surface area contributed by atoms with Crippen LogP contribution in [0.15, 0.2) is 23.1 Å². The van der Waals surface area contributed by atoms with Crippen LogP contribution in [-0.4, -0.2) is 91.2 Å². The van der Waals surface area contributed by atoms with E-state index in [0.29, 0.717) is 26.3 Å². The highest BCUT2D eigenvalue weighted by Gasteiger charge is 2.25. The second-order valence-electron chi connectivity index (χ2n) is 6.24. The van der Waals surface area contributed by atoms with E-state index in [2.05, 4.69) is 5.32 Å². The number of carbonyl (C=O) groups excluding carboxylic acids is 1. The maximum Gasteiger partial charge on any atom is 0.251 e. The Kier molecular flexibility index (Phi) is 7.39. The first-order chi connectivity index (χ1) is 13.1. The Bertz CT molecular complexity index is 908. The first-order valence-corrected chi connectivity index (χ1v) is 11.6. The van der Waals surface area contributed by atoms with Gasteiger partial charge in [0, 0.05) is 39.3 Å². The third-order valence-corrected chi connectivity index (χ3v) is 7.90. The molecular formula is C16H25N3O7S2. The lowest BCUT2D eigenvalue weighted by Gasteiger charge is -2.26. The summed E-state index contributed by atoms with van der Waals surface area (Å²) in [6.45, 7) is 1.18. The fraction of sp³-hybridized carbons (Fsp3) is 0.562. The minimum Gasteiger partial charge on any atom is -0.495 e. The zero-order chi connectivity index (χ0) is 20.9. The van der Waals surface area contributed by atoms with Gasteiger partial charge in [0.2, 0.25) is 20.0 Å². The summed E-state index contributed by atoms with van der Waals surface area (Å²) in [5.41, 5.74) is 0.0880. The average molecular weight is 436 g/mol. The minimum absolute atomic E-state index is 0.0880. The maximum absolute atomic E-state index is 12.4. The second kappa shape index (κ2) is 9.18. The Labute approximate surface area is 165 Å². The first-order valence-electron chi connectivity index (χ1n) is 8.54. The van der Waals surface area contributed by atoms with E-state index >= 15 is 0 Å². The first kappa shape index (κ1) is 22.6. The van der Waals surface area contributed by atoms with E-state index in [1.165, 1.54) is 43.7 Å². The van der Waals surface area contributed by atoms with Crippen LogP contribution < -0.4 is 10.1 Å². The van der Waals surface area contributed by atoms with Gasteiger partial charge in [-0.25, -0.2) is 21.1 Å². The summed E-state index contributed by atoms with van der Waals surface area (Å²) in [7, 11) is -3.24. The number of carbonyl (C=O) groups is 1. The lowest BCUT2D eigenvalue weighted by atomic mass is 10.2. The van der Waals surface area contributed by atoms with Crippen LogP contribution >= 0.6 is 0 Å². The number of hydrogen-bond acceptors (Lipinski definition) is 7. The van der Waals surface area contributed by atoms with Crippen molar-refractivity contribution < 1.29 is 31.1 Å². The van der Waals surface area contributed by atoms with Crippen molar-refractivity contribution in [2.75, 3.05) is 59.8 Å². The monoisotopic (exact) mass is 435 g/mol.